The van der Waals surface area contributed by atoms with Crippen LogP contribution in [0.25, 0.3) is 11.3 Å². The molecule has 0 aliphatic heterocycles. The van der Waals surface area contributed by atoms with E-state index in [1.54, 1.807) is 0 Å². The standard InChI is InChI=1S/C11H11F2N3O2S/c1-16-9(14)5-7(15-16)10-6(12)3-4-8(11(10)13)19(2,17)18/h3-5H,14H2,1-2H3. The first-order chi connectivity index (χ1) is 8.71. The highest BCUT2D eigenvalue weighted by molar-refractivity contribution is 7.90. The minimum Gasteiger partial charge on any atom is -0.384 e. The molecule has 0 spiro atoms. The number of benzene rings is 1. The second-order valence-corrected chi connectivity index (χ2v) is 6.07. The highest BCUT2D eigenvalue weighted by Gasteiger charge is 2.23. The van der Waals surface area contributed by atoms with E-state index in [0.717, 1.165) is 18.4 Å². The van der Waals surface area contributed by atoms with Crippen LogP contribution in [-0.4, -0.2) is 24.5 Å². The van der Waals surface area contributed by atoms with Crippen LogP contribution in [0.5, 0.6) is 0 Å². The molecule has 0 saturated heterocycles. The minimum absolute atomic E-state index is 0.0551. The number of hydrogen-bond donors (Lipinski definition) is 1. The quantitative estimate of drug-likeness (QED) is 0.846. The van der Waals surface area contributed by atoms with E-state index in [-0.39, 0.29) is 11.5 Å². The molecule has 0 fully saturated rings. The Balaban J connectivity index is 2.77. The fourth-order valence-electron chi connectivity index (χ4n) is 1.66. The number of hydrogen-bond acceptors (Lipinski definition) is 4. The number of aromatic nitrogens is 2. The van der Waals surface area contributed by atoms with Gasteiger partial charge in [-0.1, -0.05) is 0 Å². The lowest BCUT2D eigenvalue weighted by Crippen LogP contribution is -2.04. The highest BCUT2D eigenvalue weighted by Crippen LogP contribution is 2.30. The maximum atomic E-state index is 14.1. The number of halogens is 2. The Hall–Kier alpha value is -1.96. The van der Waals surface area contributed by atoms with E-state index in [9.17, 15) is 17.2 Å². The SMILES string of the molecule is Cn1nc(-c2c(F)ccc(S(C)(=O)=O)c2F)cc1N. The van der Waals surface area contributed by atoms with Gasteiger partial charge in [-0.2, -0.15) is 5.10 Å². The number of rotatable bonds is 2. The van der Waals surface area contributed by atoms with E-state index in [0.29, 0.717) is 0 Å². The summed E-state index contributed by atoms with van der Waals surface area (Å²) in [7, 11) is -2.28. The normalized spacial score (nSPS) is 11.8. The summed E-state index contributed by atoms with van der Waals surface area (Å²) in [5.74, 6) is -1.86. The van der Waals surface area contributed by atoms with Crippen LogP contribution < -0.4 is 5.73 Å². The van der Waals surface area contributed by atoms with Gasteiger partial charge in [-0.3, -0.25) is 4.68 Å². The fraction of sp³-hybridized carbons (Fsp3) is 0.182. The van der Waals surface area contributed by atoms with Crippen LogP contribution in [0, 0.1) is 11.6 Å². The van der Waals surface area contributed by atoms with Gasteiger partial charge in [0.05, 0.1) is 5.56 Å². The Labute approximate surface area is 108 Å². The monoisotopic (exact) mass is 287 g/mol. The second-order valence-electron chi connectivity index (χ2n) is 4.08. The lowest BCUT2D eigenvalue weighted by atomic mass is 10.1. The molecule has 19 heavy (non-hydrogen) atoms. The van der Waals surface area contributed by atoms with Crippen LogP contribution in [0.2, 0.25) is 0 Å². The van der Waals surface area contributed by atoms with Gasteiger partial charge in [0.1, 0.15) is 22.2 Å². The molecule has 0 aliphatic carbocycles. The molecule has 0 bridgehead atoms. The van der Waals surface area contributed by atoms with Crippen LogP contribution in [0.1, 0.15) is 0 Å². The van der Waals surface area contributed by atoms with Crippen molar-refractivity contribution in [2.45, 2.75) is 4.90 Å². The number of nitrogen functional groups attached to an aromatic ring is 1. The topological polar surface area (TPSA) is 78.0 Å². The van der Waals surface area contributed by atoms with E-state index >= 15 is 0 Å². The Kier molecular flexibility index (Phi) is 3.05. The number of sulfone groups is 1. The molecule has 1 aromatic carbocycles. The molecular formula is C11H11F2N3O2S. The van der Waals surface area contributed by atoms with E-state index in [2.05, 4.69) is 5.10 Å². The van der Waals surface area contributed by atoms with Gasteiger partial charge in [0.25, 0.3) is 0 Å². The average Bonchev–Trinajstić information content (AvgIpc) is 2.56. The highest BCUT2D eigenvalue weighted by atomic mass is 32.2. The Morgan fingerprint density at radius 2 is 1.95 bits per heavy atom. The summed E-state index contributed by atoms with van der Waals surface area (Å²) in [5, 5.41) is 3.84. The van der Waals surface area contributed by atoms with Gasteiger partial charge in [-0.05, 0) is 12.1 Å². The van der Waals surface area contributed by atoms with Gasteiger partial charge in [0, 0.05) is 19.4 Å². The van der Waals surface area contributed by atoms with Crippen molar-refractivity contribution in [2.75, 3.05) is 12.0 Å². The van der Waals surface area contributed by atoms with Crippen LogP contribution in [-0.2, 0) is 16.9 Å². The Bertz CT molecular complexity index is 734. The van der Waals surface area contributed by atoms with Crippen molar-refractivity contribution in [1.29, 1.82) is 0 Å². The zero-order valence-electron chi connectivity index (χ0n) is 10.2. The number of anilines is 1. The zero-order valence-corrected chi connectivity index (χ0v) is 11.0. The lowest BCUT2D eigenvalue weighted by Gasteiger charge is -2.06. The number of nitrogens with two attached hydrogens (primary N) is 1. The average molecular weight is 287 g/mol. The summed E-state index contributed by atoms with van der Waals surface area (Å²) >= 11 is 0. The molecular weight excluding hydrogens is 276 g/mol. The molecule has 8 heteroatoms. The van der Waals surface area contributed by atoms with Crippen LogP contribution in [0.4, 0.5) is 14.6 Å². The molecule has 0 saturated carbocycles. The van der Waals surface area contributed by atoms with Crippen molar-refractivity contribution in [1.82, 2.24) is 9.78 Å². The summed E-state index contributed by atoms with van der Waals surface area (Å²) in [5.41, 5.74) is 4.98. The summed E-state index contributed by atoms with van der Waals surface area (Å²) < 4.78 is 51.9. The molecule has 0 radical (unpaired) electrons. The molecule has 2 aromatic rings. The number of nitrogens with zero attached hydrogens (tertiary/aromatic N) is 2. The largest absolute Gasteiger partial charge is 0.384 e. The van der Waals surface area contributed by atoms with Gasteiger partial charge < -0.3 is 5.73 Å². The fourth-order valence-corrected chi connectivity index (χ4v) is 2.40. The predicted octanol–water partition coefficient (Wildman–Crippen LogP) is 1.35. The molecule has 0 atom stereocenters. The van der Waals surface area contributed by atoms with Gasteiger partial charge in [-0.15, -0.1) is 0 Å². The first-order valence-corrected chi connectivity index (χ1v) is 7.09. The van der Waals surface area contributed by atoms with Gasteiger partial charge in [0.15, 0.2) is 15.7 Å². The van der Waals surface area contributed by atoms with Crippen LogP contribution in [0.3, 0.4) is 0 Å². The molecule has 102 valence electrons. The van der Waals surface area contributed by atoms with E-state index in [4.69, 9.17) is 5.73 Å². The van der Waals surface area contributed by atoms with Crippen molar-refractivity contribution in [3.8, 4) is 11.3 Å². The summed E-state index contributed by atoms with van der Waals surface area (Å²) in [6, 6.07) is 3.04. The first-order valence-electron chi connectivity index (χ1n) is 5.19. The van der Waals surface area contributed by atoms with Crippen molar-refractivity contribution in [3.63, 3.8) is 0 Å². The van der Waals surface area contributed by atoms with Gasteiger partial charge in [-0.25, -0.2) is 17.2 Å². The molecule has 1 aromatic heterocycles. The molecule has 0 aliphatic rings. The smallest absolute Gasteiger partial charge is 0.178 e. The predicted molar refractivity (Wildman–Crippen MR) is 66.1 cm³/mol. The van der Waals surface area contributed by atoms with Gasteiger partial charge >= 0.3 is 0 Å². The Morgan fingerprint density at radius 3 is 2.42 bits per heavy atom. The molecule has 0 unspecified atom stereocenters. The van der Waals surface area contributed by atoms with Crippen molar-refractivity contribution >= 4 is 15.7 Å². The van der Waals surface area contributed by atoms with Crippen molar-refractivity contribution in [3.05, 3.63) is 29.8 Å². The molecule has 1 heterocycles. The van der Waals surface area contributed by atoms with E-state index in [1.165, 1.54) is 17.8 Å². The lowest BCUT2D eigenvalue weighted by molar-refractivity contribution is 0.555. The second kappa shape index (κ2) is 4.30. The Morgan fingerprint density at radius 1 is 1.32 bits per heavy atom. The van der Waals surface area contributed by atoms with E-state index < -0.39 is 31.9 Å². The summed E-state index contributed by atoms with van der Waals surface area (Å²) in [6.45, 7) is 0. The molecule has 5 nitrogen and oxygen atoms in total. The van der Waals surface area contributed by atoms with Crippen molar-refractivity contribution < 1.29 is 17.2 Å². The molecule has 2 rings (SSSR count). The third-order valence-corrected chi connectivity index (χ3v) is 3.74. The maximum absolute atomic E-state index is 14.1. The first kappa shape index (κ1) is 13.5. The number of aryl methyl sites for hydroxylation is 1. The molecule has 0 amide bonds. The third-order valence-electron chi connectivity index (χ3n) is 2.63. The minimum atomic E-state index is -3.79. The van der Waals surface area contributed by atoms with Gasteiger partial charge in [0.2, 0.25) is 0 Å². The van der Waals surface area contributed by atoms with Crippen LogP contribution in [0.15, 0.2) is 23.1 Å². The summed E-state index contributed by atoms with van der Waals surface area (Å²) in [4.78, 5) is -0.576. The zero-order chi connectivity index (χ0) is 14.4. The summed E-state index contributed by atoms with van der Waals surface area (Å²) in [6.07, 6.45) is 0.847. The maximum Gasteiger partial charge on any atom is 0.178 e. The van der Waals surface area contributed by atoms with E-state index in [1.807, 2.05) is 0 Å². The molecule has 2 N–H and O–H groups in total. The van der Waals surface area contributed by atoms with Crippen molar-refractivity contribution in [2.24, 2.45) is 7.05 Å². The third kappa shape index (κ3) is 2.30. The van der Waals surface area contributed by atoms with Crippen LogP contribution >= 0.6 is 0 Å².